The van der Waals surface area contributed by atoms with Gasteiger partial charge in [-0.1, -0.05) is 50.6 Å². The van der Waals surface area contributed by atoms with Crippen LogP contribution in [-0.4, -0.2) is 45.6 Å². The molecule has 26 heavy (non-hydrogen) atoms. The van der Waals surface area contributed by atoms with Gasteiger partial charge in [0.05, 0.1) is 17.8 Å². The number of thiol groups is 1. The molecule has 1 fully saturated rings. The Kier molecular flexibility index (Phi) is 7.08. The molecule has 0 aromatic heterocycles. The summed E-state index contributed by atoms with van der Waals surface area (Å²) < 4.78 is 0. The normalized spacial score (nSPS) is 21.9. The molecule has 0 saturated carbocycles. The lowest BCUT2D eigenvalue weighted by Gasteiger charge is -2.29. The number of carbonyl (C=O) groups excluding carboxylic acids is 2. The molecule has 142 valence electrons. The van der Waals surface area contributed by atoms with Gasteiger partial charge in [-0.05, 0) is 24.3 Å². The molecule has 1 aromatic carbocycles. The molecule has 2 rings (SSSR count). The van der Waals surface area contributed by atoms with Crippen LogP contribution in [-0.2, 0) is 14.4 Å². The van der Waals surface area contributed by atoms with Gasteiger partial charge in [-0.2, -0.15) is 12.6 Å². The van der Waals surface area contributed by atoms with Crippen LogP contribution in [0.4, 0.5) is 0 Å². The predicted molar refractivity (Wildman–Crippen MR) is 102 cm³/mol. The van der Waals surface area contributed by atoms with E-state index in [1.54, 1.807) is 0 Å². The molecule has 1 saturated heterocycles. The van der Waals surface area contributed by atoms with E-state index in [4.69, 9.17) is 0 Å². The summed E-state index contributed by atoms with van der Waals surface area (Å²) in [6, 6.07) is 8.23. The molecular formula is C19H26N2O4S. The van der Waals surface area contributed by atoms with Crippen molar-refractivity contribution in [3.05, 3.63) is 35.9 Å². The highest BCUT2D eigenvalue weighted by Gasteiger charge is 2.41. The maximum Gasteiger partial charge on any atom is 0.326 e. The molecule has 1 aromatic rings. The molecule has 0 spiro atoms. The Morgan fingerprint density at radius 1 is 1.27 bits per heavy atom. The molecule has 2 N–H and O–H groups in total. The Morgan fingerprint density at radius 2 is 1.92 bits per heavy atom. The summed E-state index contributed by atoms with van der Waals surface area (Å²) in [6.45, 7) is 3.67. The van der Waals surface area contributed by atoms with Crippen molar-refractivity contribution in [3.8, 4) is 0 Å². The van der Waals surface area contributed by atoms with Crippen LogP contribution in [0.25, 0.3) is 0 Å². The number of rotatable bonds is 7. The smallest absolute Gasteiger partial charge is 0.326 e. The molecule has 6 nitrogen and oxygen atoms in total. The summed E-state index contributed by atoms with van der Waals surface area (Å²) >= 11 is 4.31. The van der Waals surface area contributed by atoms with E-state index >= 15 is 0 Å². The summed E-state index contributed by atoms with van der Waals surface area (Å²) in [5.74, 6) is -1.63. The predicted octanol–water partition coefficient (Wildman–Crippen LogP) is 2.26. The van der Waals surface area contributed by atoms with Gasteiger partial charge in [-0.25, -0.2) is 4.79 Å². The quantitative estimate of drug-likeness (QED) is 0.635. The number of carboxylic acids is 1. The maximum absolute atomic E-state index is 12.7. The zero-order valence-corrected chi connectivity index (χ0v) is 16.0. The van der Waals surface area contributed by atoms with Crippen molar-refractivity contribution in [1.82, 2.24) is 10.2 Å². The van der Waals surface area contributed by atoms with Gasteiger partial charge in [0, 0.05) is 0 Å². The van der Waals surface area contributed by atoms with Gasteiger partial charge in [0.15, 0.2) is 0 Å². The average molecular weight is 378 g/mol. The highest BCUT2D eigenvalue weighted by molar-refractivity contribution is 7.81. The minimum absolute atomic E-state index is 0.0871. The van der Waals surface area contributed by atoms with Crippen molar-refractivity contribution >= 4 is 30.4 Å². The zero-order valence-electron chi connectivity index (χ0n) is 15.1. The zero-order chi connectivity index (χ0) is 19.3. The Balaban J connectivity index is 2.09. The molecule has 2 amide bonds. The van der Waals surface area contributed by atoms with E-state index in [9.17, 15) is 19.5 Å². The topological polar surface area (TPSA) is 86.7 Å². The lowest BCUT2D eigenvalue weighted by molar-refractivity contribution is -0.149. The fraction of sp³-hybridized carbons (Fsp3) is 0.526. The first-order valence-corrected chi connectivity index (χ1v) is 9.43. The monoisotopic (exact) mass is 378 g/mol. The number of amides is 2. The third-order valence-electron chi connectivity index (χ3n) is 5.01. The molecule has 1 unspecified atom stereocenters. The Hall–Kier alpha value is -2.02. The summed E-state index contributed by atoms with van der Waals surface area (Å²) in [7, 11) is 0. The van der Waals surface area contributed by atoms with Crippen molar-refractivity contribution in [3.63, 3.8) is 0 Å². The van der Waals surface area contributed by atoms with Crippen LogP contribution in [0, 0.1) is 5.92 Å². The molecule has 0 bridgehead atoms. The highest BCUT2D eigenvalue weighted by atomic mass is 32.1. The summed E-state index contributed by atoms with van der Waals surface area (Å²) in [6.07, 6.45) is 1.79. The first-order valence-electron chi connectivity index (χ1n) is 8.91. The van der Waals surface area contributed by atoms with Gasteiger partial charge in [-0.3, -0.25) is 9.59 Å². The second kappa shape index (κ2) is 9.07. The van der Waals surface area contributed by atoms with Crippen molar-refractivity contribution in [2.24, 2.45) is 5.92 Å². The third-order valence-corrected chi connectivity index (χ3v) is 5.75. The van der Waals surface area contributed by atoms with Crippen LogP contribution >= 0.6 is 12.6 Å². The Bertz CT molecular complexity index is 652. The number of nitrogens with one attached hydrogen (secondary N) is 1. The molecule has 1 aliphatic rings. The highest BCUT2D eigenvalue weighted by Crippen LogP contribution is 2.36. The van der Waals surface area contributed by atoms with Crippen LogP contribution in [0.15, 0.2) is 30.3 Å². The molecule has 7 heteroatoms. The van der Waals surface area contributed by atoms with Gasteiger partial charge in [-0.15, -0.1) is 0 Å². The van der Waals surface area contributed by atoms with Crippen LogP contribution in [0.1, 0.15) is 44.7 Å². The minimum Gasteiger partial charge on any atom is -0.480 e. The van der Waals surface area contributed by atoms with Crippen molar-refractivity contribution < 1.29 is 19.5 Å². The molecule has 4 atom stereocenters. The van der Waals surface area contributed by atoms with Crippen LogP contribution in [0.2, 0.25) is 0 Å². The number of carbonyl (C=O) groups is 3. The molecule has 1 heterocycles. The molecule has 0 radical (unpaired) electrons. The second-order valence-corrected chi connectivity index (χ2v) is 7.26. The van der Waals surface area contributed by atoms with E-state index < -0.39 is 17.3 Å². The summed E-state index contributed by atoms with van der Waals surface area (Å²) in [4.78, 5) is 37.9. The number of aliphatic carboxylic acids is 1. The maximum atomic E-state index is 12.7. The molecule has 1 aliphatic heterocycles. The standard InChI is InChI=1S/C19H26N2O4S/c1-3-12(2)17(26)18(23)20-11-16(22)21-14(9-10-15(21)19(24)25)13-7-5-4-6-8-13/h4-8,12,14-15,17,26H,3,9-11H2,1-2H3,(H,20,23)(H,24,25)/t12?,14-,15+,17+/m1/s1. The van der Waals surface area contributed by atoms with Gasteiger partial charge < -0.3 is 15.3 Å². The van der Waals surface area contributed by atoms with Crippen LogP contribution in [0.3, 0.4) is 0 Å². The lowest BCUT2D eigenvalue weighted by atomic mass is 10.0. The number of nitrogens with zero attached hydrogens (tertiary/aromatic N) is 1. The minimum atomic E-state index is -1.02. The first kappa shape index (κ1) is 20.3. The first-order chi connectivity index (χ1) is 12.4. The van der Waals surface area contributed by atoms with Gasteiger partial charge in [0.25, 0.3) is 0 Å². The SMILES string of the molecule is CCC(C)[C@H](S)C(=O)NCC(=O)N1[C@@H](c2ccccc2)CC[C@H]1C(=O)O. The van der Waals surface area contributed by atoms with Crippen molar-refractivity contribution in [2.45, 2.75) is 50.4 Å². The van der Waals surface area contributed by atoms with E-state index in [2.05, 4.69) is 17.9 Å². The van der Waals surface area contributed by atoms with E-state index in [-0.39, 0.29) is 30.3 Å². The fourth-order valence-corrected chi connectivity index (χ4v) is 3.55. The average Bonchev–Trinajstić information content (AvgIpc) is 3.10. The summed E-state index contributed by atoms with van der Waals surface area (Å²) in [5, 5.41) is 11.6. The van der Waals surface area contributed by atoms with Gasteiger partial charge in [0.1, 0.15) is 6.04 Å². The number of hydrogen-bond donors (Lipinski definition) is 3. The van der Waals surface area contributed by atoms with E-state index in [0.717, 1.165) is 12.0 Å². The number of benzene rings is 1. The molecular weight excluding hydrogens is 352 g/mol. The largest absolute Gasteiger partial charge is 0.480 e. The van der Waals surface area contributed by atoms with Crippen LogP contribution < -0.4 is 5.32 Å². The van der Waals surface area contributed by atoms with Crippen molar-refractivity contribution in [1.29, 1.82) is 0 Å². The molecule has 0 aliphatic carbocycles. The van der Waals surface area contributed by atoms with E-state index in [0.29, 0.717) is 12.8 Å². The lowest BCUT2D eigenvalue weighted by Crippen LogP contribution is -2.47. The van der Waals surface area contributed by atoms with E-state index in [1.165, 1.54) is 4.90 Å². The Morgan fingerprint density at radius 3 is 2.50 bits per heavy atom. The second-order valence-electron chi connectivity index (χ2n) is 6.71. The number of hydrogen-bond acceptors (Lipinski definition) is 4. The van der Waals surface area contributed by atoms with Crippen LogP contribution in [0.5, 0.6) is 0 Å². The van der Waals surface area contributed by atoms with E-state index in [1.807, 2.05) is 44.2 Å². The Labute approximate surface area is 159 Å². The third kappa shape index (κ3) is 4.58. The van der Waals surface area contributed by atoms with Crippen molar-refractivity contribution in [2.75, 3.05) is 6.54 Å². The number of likely N-dealkylation sites (tertiary alicyclic amines) is 1. The van der Waals surface area contributed by atoms with Gasteiger partial charge >= 0.3 is 5.97 Å². The number of carboxylic acid groups (broad SMARTS) is 1. The van der Waals surface area contributed by atoms with Gasteiger partial charge in [0.2, 0.25) is 11.8 Å². The summed E-state index contributed by atoms with van der Waals surface area (Å²) in [5.41, 5.74) is 0.905. The fourth-order valence-electron chi connectivity index (χ4n) is 3.24.